The van der Waals surface area contributed by atoms with E-state index in [0.29, 0.717) is 5.92 Å². The van der Waals surface area contributed by atoms with Gasteiger partial charge in [-0.3, -0.25) is 0 Å². The van der Waals surface area contributed by atoms with Crippen LogP contribution in [0.2, 0.25) is 0 Å². The van der Waals surface area contributed by atoms with Crippen LogP contribution >= 0.6 is 0 Å². The molecule has 0 saturated heterocycles. The van der Waals surface area contributed by atoms with Gasteiger partial charge in [0.05, 0.1) is 6.04 Å². The van der Waals surface area contributed by atoms with E-state index in [-0.39, 0.29) is 11.9 Å². The predicted molar refractivity (Wildman–Crippen MR) is 69.9 cm³/mol. The Bertz CT molecular complexity index is 544. The van der Waals surface area contributed by atoms with Gasteiger partial charge in [-0.1, -0.05) is 13.3 Å². The average molecular weight is 247 g/mol. The highest BCUT2D eigenvalue weighted by Gasteiger charge is 2.30. The van der Waals surface area contributed by atoms with E-state index in [1.165, 1.54) is 31.4 Å². The smallest absolute Gasteiger partial charge is 0.134 e. The van der Waals surface area contributed by atoms with Crippen LogP contribution in [0.1, 0.15) is 38.0 Å². The van der Waals surface area contributed by atoms with Gasteiger partial charge in [-0.15, -0.1) is 0 Å². The average Bonchev–Trinajstić information content (AvgIpc) is 2.68. The number of fused-ring (bicyclic) bond motifs is 1. The summed E-state index contributed by atoms with van der Waals surface area (Å²) < 4.78 is 19.0. The highest BCUT2D eigenvalue weighted by molar-refractivity contribution is 5.78. The molecule has 2 aromatic rings. The highest BCUT2D eigenvalue weighted by atomic mass is 19.1. The van der Waals surface area contributed by atoms with Gasteiger partial charge in [0, 0.05) is 5.39 Å². The molecule has 0 radical (unpaired) electrons. The summed E-state index contributed by atoms with van der Waals surface area (Å²) in [6, 6.07) is 6.94. The van der Waals surface area contributed by atoms with Gasteiger partial charge < -0.3 is 9.73 Å². The molecule has 0 aliphatic heterocycles. The van der Waals surface area contributed by atoms with Gasteiger partial charge in [0.2, 0.25) is 0 Å². The summed E-state index contributed by atoms with van der Waals surface area (Å²) in [5, 5.41) is 4.34. The van der Waals surface area contributed by atoms with Crippen molar-refractivity contribution in [1.29, 1.82) is 0 Å². The first-order chi connectivity index (χ1) is 8.78. The van der Waals surface area contributed by atoms with Crippen LogP contribution in [0.5, 0.6) is 0 Å². The minimum atomic E-state index is -0.210. The first-order valence-corrected chi connectivity index (χ1v) is 6.70. The molecular formula is C15H18FNO. The second-order valence-electron chi connectivity index (χ2n) is 5.06. The summed E-state index contributed by atoms with van der Waals surface area (Å²) >= 11 is 0. The largest absolute Gasteiger partial charge is 0.459 e. The van der Waals surface area contributed by atoms with Gasteiger partial charge in [-0.05, 0) is 49.6 Å². The maximum absolute atomic E-state index is 13.2. The van der Waals surface area contributed by atoms with Crippen molar-refractivity contribution < 1.29 is 8.81 Å². The summed E-state index contributed by atoms with van der Waals surface area (Å²) in [5.41, 5.74) is 0.772. The number of furan rings is 1. The minimum absolute atomic E-state index is 0.210. The van der Waals surface area contributed by atoms with Crippen molar-refractivity contribution in [3.05, 3.63) is 35.8 Å². The molecular weight excluding hydrogens is 229 g/mol. The first kappa shape index (κ1) is 11.7. The van der Waals surface area contributed by atoms with Crippen molar-refractivity contribution in [3.63, 3.8) is 0 Å². The van der Waals surface area contributed by atoms with Gasteiger partial charge in [0.15, 0.2) is 0 Å². The van der Waals surface area contributed by atoms with Crippen molar-refractivity contribution >= 4 is 11.0 Å². The summed E-state index contributed by atoms with van der Waals surface area (Å²) in [7, 11) is 0. The Labute approximate surface area is 106 Å². The van der Waals surface area contributed by atoms with Crippen molar-refractivity contribution in [2.45, 2.75) is 32.2 Å². The van der Waals surface area contributed by atoms with E-state index in [1.54, 1.807) is 6.07 Å². The fraction of sp³-hybridized carbons (Fsp3) is 0.467. The van der Waals surface area contributed by atoms with Crippen LogP contribution in [-0.4, -0.2) is 6.54 Å². The van der Waals surface area contributed by atoms with E-state index in [9.17, 15) is 4.39 Å². The van der Waals surface area contributed by atoms with E-state index in [1.807, 2.05) is 6.07 Å². The molecule has 1 aromatic heterocycles. The van der Waals surface area contributed by atoms with Crippen LogP contribution in [0.3, 0.4) is 0 Å². The zero-order valence-corrected chi connectivity index (χ0v) is 10.6. The van der Waals surface area contributed by atoms with E-state index >= 15 is 0 Å². The van der Waals surface area contributed by atoms with Crippen LogP contribution in [-0.2, 0) is 0 Å². The molecule has 0 amide bonds. The van der Waals surface area contributed by atoms with Crippen LogP contribution in [0.4, 0.5) is 4.39 Å². The maximum atomic E-state index is 13.2. The first-order valence-electron chi connectivity index (χ1n) is 6.70. The maximum Gasteiger partial charge on any atom is 0.134 e. The molecule has 1 saturated carbocycles. The molecule has 1 unspecified atom stereocenters. The van der Waals surface area contributed by atoms with Gasteiger partial charge in [-0.25, -0.2) is 4.39 Å². The summed E-state index contributed by atoms with van der Waals surface area (Å²) in [6.07, 6.45) is 3.81. The topological polar surface area (TPSA) is 25.2 Å². The third-order valence-corrected chi connectivity index (χ3v) is 3.85. The number of rotatable bonds is 4. The molecule has 18 heavy (non-hydrogen) atoms. The van der Waals surface area contributed by atoms with Gasteiger partial charge in [0.25, 0.3) is 0 Å². The lowest BCUT2D eigenvalue weighted by molar-refractivity contribution is 0.212. The molecule has 3 rings (SSSR count). The van der Waals surface area contributed by atoms with Crippen LogP contribution in [0.25, 0.3) is 11.0 Å². The van der Waals surface area contributed by atoms with Gasteiger partial charge in [0.1, 0.15) is 17.2 Å². The third kappa shape index (κ3) is 2.03. The minimum Gasteiger partial charge on any atom is -0.459 e. The molecule has 1 atom stereocenters. The number of nitrogens with one attached hydrogen (secondary N) is 1. The lowest BCUT2D eigenvalue weighted by Gasteiger charge is -2.32. The van der Waals surface area contributed by atoms with Crippen molar-refractivity contribution in [2.24, 2.45) is 5.92 Å². The van der Waals surface area contributed by atoms with Crippen LogP contribution in [0.15, 0.2) is 28.7 Å². The van der Waals surface area contributed by atoms with Crippen molar-refractivity contribution in [2.75, 3.05) is 6.54 Å². The van der Waals surface area contributed by atoms with Crippen molar-refractivity contribution in [3.8, 4) is 0 Å². The summed E-state index contributed by atoms with van der Waals surface area (Å²) in [5.74, 6) is 1.40. The van der Waals surface area contributed by atoms with Gasteiger partial charge in [-0.2, -0.15) is 0 Å². The van der Waals surface area contributed by atoms with Crippen LogP contribution in [0, 0.1) is 11.7 Å². The number of hydrogen-bond acceptors (Lipinski definition) is 2. The van der Waals surface area contributed by atoms with Gasteiger partial charge >= 0.3 is 0 Å². The van der Waals surface area contributed by atoms with E-state index in [2.05, 4.69) is 12.2 Å². The number of benzene rings is 1. The van der Waals surface area contributed by atoms with E-state index in [0.717, 1.165) is 23.3 Å². The molecule has 0 spiro atoms. The molecule has 2 nitrogen and oxygen atoms in total. The Morgan fingerprint density at radius 3 is 2.89 bits per heavy atom. The Hall–Kier alpha value is -1.35. The predicted octanol–water partition coefficient (Wildman–Crippen LogP) is 4.02. The number of halogens is 1. The molecule has 1 heterocycles. The normalized spacial score (nSPS) is 17.9. The third-order valence-electron chi connectivity index (χ3n) is 3.85. The molecule has 1 aliphatic rings. The van der Waals surface area contributed by atoms with E-state index < -0.39 is 0 Å². The lowest BCUT2D eigenvalue weighted by atomic mass is 9.79. The SMILES string of the molecule is CCNC(c1cc2cc(F)ccc2o1)C1CCC1. The fourth-order valence-corrected chi connectivity index (χ4v) is 2.68. The monoisotopic (exact) mass is 247 g/mol. The Balaban J connectivity index is 1.95. The quantitative estimate of drug-likeness (QED) is 0.882. The van der Waals surface area contributed by atoms with Crippen molar-refractivity contribution in [1.82, 2.24) is 5.32 Å². The second kappa shape index (κ2) is 4.73. The van der Waals surface area contributed by atoms with E-state index in [4.69, 9.17) is 4.42 Å². The Kier molecular flexibility index (Phi) is 3.08. The molecule has 96 valence electrons. The molecule has 0 bridgehead atoms. The molecule has 1 fully saturated rings. The highest BCUT2D eigenvalue weighted by Crippen LogP contribution is 2.39. The standard InChI is InChI=1S/C15H18FNO/c1-2-17-15(10-4-3-5-10)14-9-11-8-12(16)6-7-13(11)18-14/h6-10,15,17H,2-5H2,1H3. The number of hydrogen-bond donors (Lipinski definition) is 1. The molecule has 1 aliphatic carbocycles. The molecule has 3 heteroatoms. The lowest BCUT2D eigenvalue weighted by Crippen LogP contribution is -2.31. The molecule has 1 aromatic carbocycles. The fourth-order valence-electron chi connectivity index (χ4n) is 2.68. The zero-order valence-electron chi connectivity index (χ0n) is 10.6. The summed E-state index contributed by atoms with van der Waals surface area (Å²) in [6.45, 7) is 3.03. The zero-order chi connectivity index (χ0) is 12.5. The Morgan fingerprint density at radius 2 is 2.22 bits per heavy atom. The van der Waals surface area contributed by atoms with Crippen LogP contribution < -0.4 is 5.32 Å². The second-order valence-corrected chi connectivity index (χ2v) is 5.06. The molecule has 1 N–H and O–H groups in total. The Morgan fingerprint density at radius 1 is 1.39 bits per heavy atom. The summed E-state index contributed by atoms with van der Waals surface area (Å²) in [4.78, 5) is 0.